The minimum atomic E-state index is -1.03. The van der Waals surface area contributed by atoms with E-state index in [0.29, 0.717) is 34.2 Å². The Bertz CT molecular complexity index is 1270. The van der Waals surface area contributed by atoms with Crippen LogP contribution in [0.5, 0.6) is 5.75 Å². The first-order valence-corrected chi connectivity index (χ1v) is 11.6. The van der Waals surface area contributed by atoms with Crippen LogP contribution in [0.4, 0.5) is 10.5 Å². The Morgan fingerprint density at radius 2 is 1.67 bits per heavy atom. The number of aromatic carboxylic acids is 1. The van der Waals surface area contributed by atoms with Crippen LogP contribution in [-0.4, -0.2) is 22.2 Å². The Hall–Kier alpha value is -3.42. The van der Waals surface area contributed by atoms with Gasteiger partial charge in [0.1, 0.15) is 5.75 Å². The SMILES string of the molecule is Cc1ccc(-c2c(CN)c(CC(C)C)nc(C)c2NC(=O)Oc2ccc(C(=O)O)c(C)c2C)cc1.Cl. The lowest BCUT2D eigenvalue weighted by atomic mass is 9.92. The van der Waals surface area contributed by atoms with Gasteiger partial charge in [0.2, 0.25) is 0 Å². The molecule has 0 unspecified atom stereocenters. The number of benzene rings is 2. The van der Waals surface area contributed by atoms with Crippen LogP contribution >= 0.6 is 12.4 Å². The van der Waals surface area contributed by atoms with Gasteiger partial charge in [0.15, 0.2) is 0 Å². The third-order valence-corrected chi connectivity index (χ3v) is 6.11. The van der Waals surface area contributed by atoms with E-state index in [9.17, 15) is 14.7 Å². The molecule has 2 aromatic carbocycles. The highest BCUT2D eigenvalue weighted by Gasteiger charge is 2.22. The zero-order chi connectivity index (χ0) is 25.9. The number of halogens is 1. The fourth-order valence-corrected chi connectivity index (χ4v) is 4.13. The molecule has 1 aromatic heterocycles. The molecule has 192 valence electrons. The quantitative estimate of drug-likeness (QED) is 0.339. The molecule has 0 aliphatic rings. The second-order valence-corrected chi connectivity index (χ2v) is 9.22. The van der Waals surface area contributed by atoms with Gasteiger partial charge in [0, 0.05) is 17.8 Å². The molecule has 0 aliphatic heterocycles. The number of hydrogen-bond donors (Lipinski definition) is 3. The molecule has 3 rings (SSSR count). The number of nitrogens with two attached hydrogens (primary N) is 1. The molecule has 0 atom stereocenters. The third-order valence-electron chi connectivity index (χ3n) is 6.11. The van der Waals surface area contributed by atoms with Gasteiger partial charge < -0.3 is 15.6 Å². The minimum Gasteiger partial charge on any atom is -0.478 e. The van der Waals surface area contributed by atoms with Crippen LogP contribution in [-0.2, 0) is 13.0 Å². The number of carbonyl (C=O) groups excluding carboxylic acids is 1. The molecule has 4 N–H and O–H groups in total. The Morgan fingerprint density at radius 3 is 2.22 bits per heavy atom. The van der Waals surface area contributed by atoms with Gasteiger partial charge in [-0.25, -0.2) is 9.59 Å². The predicted molar refractivity (Wildman–Crippen MR) is 145 cm³/mol. The van der Waals surface area contributed by atoms with Crippen LogP contribution in [0.1, 0.15) is 57.8 Å². The maximum atomic E-state index is 13.0. The van der Waals surface area contributed by atoms with Crippen molar-refractivity contribution in [3.63, 3.8) is 0 Å². The van der Waals surface area contributed by atoms with Crippen molar-refractivity contribution in [3.8, 4) is 16.9 Å². The number of carbonyl (C=O) groups is 2. The van der Waals surface area contributed by atoms with Crippen LogP contribution in [0.25, 0.3) is 11.1 Å². The number of carboxylic acid groups (broad SMARTS) is 1. The predicted octanol–water partition coefficient (Wildman–Crippen LogP) is 6.37. The molecule has 1 amide bonds. The number of nitrogens with one attached hydrogen (secondary N) is 1. The number of carboxylic acids is 1. The lowest BCUT2D eigenvalue weighted by Gasteiger charge is -2.21. The summed E-state index contributed by atoms with van der Waals surface area (Å²) in [5, 5.41) is 12.2. The summed E-state index contributed by atoms with van der Waals surface area (Å²) < 4.78 is 5.60. The number of ether oxygens (including phenoxy) is 1. The van der Waals surface area contributed by atoms with Crippen molar-refractivity contribution in [3.05, 3.63) is 75.6 Å². The molecule has 0 spiro atoms. The number of aromatic nitrogens is 1. The van der Waals surface area contributed by atoms with Gasteiger partial charge in [-0.05, 0) is 74.4 Å². The normalized spacial score (nSPS) is 10.7. The van der Waals surface area contributed by atoms with Crippen molar-refractivity contribution in [1.29, 1.82) is 0 Å². The maximum Gasteiger partial charge on any atom is 0.417 e. The van der Waals surface area contributed by atoms with Crippen molar-refractivity contribution >= 4 is 30.2 Å². The van der Waals surface area contributed by atoms with Crippen LogP contribution < -0.4 is 15.8 Å². The van der Waals surface area contributed by atoms with E-state index in [1.165, 1.54) is 12.1 Å². The highest BCUT2D eigenvalue weighted by Crippen LogP contribution is 2.36. The lowest BCUT2D eigenvalue weighted by Crippen LogP contribution is -2.21. The summed E-state index contributed by atoms with van der Waals surface area (Å²) in [5.41, 5.74) is 13.4. The van der Waals surface area contributed by atoms with Gasteiger partial charge in [-0.3, -0.25) is 10.3 Å². The van der Waals surface area contributed by atoms with Crippen molar-refractivity contribution in [2.45, 2.75) is 54.5 Å². The zero-order valence-corrected chi connectivity index (χ0v) is 22.4. The molecule has 1 heterocycles. The van der Waals surface area contributed by atoms with E-state index in [1.807, 2.05) is 38.1 Å². The molecule has 3 aromatic rings. The lowest BCUT2D eigenvalue weighted by molar-refractivity contribution is 0.0696. The molecule has 8 heteroatoms. The Kier molecular flexibility index (Phi) is 9.62. The first-order chi connectivity index (χ1) is 16.5. The van der Waals surface area contributed by atoms with Crippen molar-refractivity contribution in [2.24, 2.45) is 11.7 Å². The van der Waals surface area contributed by atoms with Crippen LogP contribution in [0.3, 0.4) is 0 Å². The average Bonchev–Trinajstić information content (AvgIpc) is 2.78. The van der Waals surface area contributed by atoms with Gasteiger partial charge in [0.25, 0.3) is 0 Å². The highest BCUT2D eigenvalue weighted by atomic mass is 35.5. The van der Waals surface area contributed by atoms with Gasteiger partial charge in [0.05, 0.1) is 16.9 Å². The maximum absolute atomic E-state index is 13.0. The van der Waals surface area contributed by atoms with E-state index >= 15 is 0 Å². The van der Waals surface area contributed by atoms with Crippen LogP contribution in [0.15, 0.2) is 36.4 Å². The largest absolute Gasteiger partial charge is 0.478 e. The smallest absolute Gasteiger partial charge is 0.417 e. The number of amides is 1. The number of aryl methyl sites for hydroxylation is 2. The highest BCUT2D eigenvalue weighted by molar-refractivity contribution is 5.95. The van der Waals surface area contributed by atoms with Crippen molar-refractivity contribution in [2.75, 3.05) is 5.32 Å². The minimum absolute atomic E-state index is 0. The van der Waals surface area contributed by atoms with Crippen molar-refractivity contribution in [1.82, 2.24) is 4.98 Å². The second kappa shape index (κ2) is 12.0. The summed E-state index contributed by atoms with van der Waals surface area (Å²) in [5.74, 6) is -0.341. The second-order valence-electron chi connectivity index (χ2n) is 9.22. The number of nitrogens with zero attached hydrogens (tertiary/aromatic N) is 1. The number of anilines is 1. The Labute approximate surface area is 218 Å². The zero-order valence-electron chi connectivity index (χ0n) is 21.6. The molecule has 36 heavy (non-hydrogen) atoms. The van der Waals surface area contributed by atoms with Crippen molar-refractivity contribution < 1.29 is 19.4 Å². The molecular weight excluding hydrogens is 478 g/mol. The van der Waals surface area contributed by atoms with Crippen LogP contribution in [0.2, 0.25) is 0 Å². The van der Waals surface area contributed by atoms with Gasteiger partial charge in [-0.1, -0.05) is 43.7 Å². The number of rotatable bonds is 7. The first-order valence-electron chi connectivity index (χ1n) is 11.6. The van der Waals surface area contributed by atoms with E-state index in [-0.39, 0.29) is 24.5 Å². The van der Waals surface area contributed by atoms with Gasteiger partial charge >= 0.3 is 12.1 Å². The topological polar surface area (TPSA) is 115 Å². The molecule has 0 fully saturated rings. The summed E-state index contributed by atoms with van der Waals surface area (Å²) in [6.45, 7) is 11.8. The van der Waals surface area contributed by atoms with E-state index in [1.54, 1.807) is 13.8 Å². The average molecular weight is 512 g/mol. The molecule has 7 nitrogen and oxygen atoms in total. The summed E-state index contributed by atoms with van der Waals surface area (Å²) in [6.07, 6.45) is 0.0826. The molecule has 0 saturated carbocycles. The van der Waals surface area contributed by atoms with Crippen LogP contribution in [0, 0.1) is 33.6 Å². The number of pyridine rings is 1. The van der Waals surface area contributed by atoms with E-state index in [0.717, 1.165) is 34.4 Å². The Balaban J connectivity index is 0.00000456. The summed E-state index contributed by atoms with van der Waals surface area (Å²) in [6, 6.07) is 11.0. The summed E-state index contributed by atoms with van der Waals surface area (Å²) >= 11 is 0. The third kappa shape index (κ3) is 6.22. The van der Waals surface area contributed by atoms with Gasteiger partial charge in [-0.15, -0.1) is 12.4 Å². The fourth-order valence-electron chi connectivity index (χ4n) is 4.13. The molecule has 0 radical (unpaired) electrons. The summed E-state index contributed by atoms with van der Waals surface area (Å²) in [4.78, 5) is 29.2. The monoisotopic (exact) mass is 511 g/mol. The molecule has 0 saturated heterocycles. The van der Waals surface area contributed by atoms with E-state index in [2.05, 4.69) is 19.2 Å². The molecule has 0 bridgehead atoms. The summed E-state index contributed by atoms with van der Waals surface area (Å²) in [7, 11) is 0. The van der Waals surface area contributed by atoms with Gasteiger partial charge in [-0.2, -0.15) is 0 Å². The Morgan fingerprint density at radius 1 is 1.03 bits per heavy atom. The fraction of sp³-hybridized carbons (Fsp3) is 0.321. The molecular formula is C28H34ClN3O4. The first kappa shape index (κ1) is 28.8. The molecule has 0 aliphatic carbocycles. The standard InChI is InChI=1S/C28H33N3O4.ClH/c1-15(2)13-23-22(14-29)25(20-9-7-16(3)8-10-20)26(19(6)30-23)31-28(34)35-24-12-11-21(27(32)33)17(4)18(24)5;/h7-12,15H,13-14,29H2,1-6H3,(H,31,34)(H,32,33);1H. The number of hydrogen-bond acceptors (Lipinski definition) is 5. The van der Waals surface area contributed by atoms with E-state index < -0.39 is 12.1 Å². The van der Waals surface area contributed by atoms with E-state index in [4.69, 9.17) is 15.5 Å².